The molecule has 9 heteroatoms. The molecule has 0 atom stereocenters. The monoisotopic (exact) mass is 237 g/mol. The van der Waals surface area contributed by atoms with Crippen molar-refractivity contribution < 1.29 is 19.1 Å². The Hall–Kier alpha value is -2.71. The zero-order chi connectivity index (χ0) is 12.5. The van der Waals surface area contributed by atoms with Gasteiger partial charge in [0.2, 0.25) is 0 Å². The largest absolute Gasteiger partial charge is 0.476 e. The van der Waals surface area contributed by atoms with Crippen LogP contribution in [0.25, 0.3) is 0 Å². The van der Waals surface area contributed by atoms with Gasteiger partial charge in [0.05, 0.1) is 12.5 Å². The minimum atomic E-state index is -2.03. The fourth-order valence-corrected chi connectivity index (χ4v) is 1.08. The van der Waals surface area contributed by atoms with Crippen LogP contribution in [-0.2, 0) is 4.79 Å². The summed E-state index contributed by atoms with van der Waals surface area (Å²) < 4.78 is 4.92. The maximum Gasteiger partial charge on any atom is 0.385 e. The van der Waals surface area contributed by atoms with Crippen molar-refractivity contribution in [3.63, 3.8) is 0 Å². The molecule has 0 radical (unpaired) electrons. The number of hydrazone groups is 1. The summed E-state index contributed by atoms with van der Waals surface area (Å²) >= 11 is 0. The second kappa shape index (κ2) is 3.70. The van der Waals surface area contributed by atoms with Crippen molar-refractivity contribution in [2.24, 2.45) is 21.1 Å². The number of nitrogens with zero attached hydrogens (tertiary/aromatic N) is 4. The zero-order valence-corrected chi connectivity index (χ0v) is 8.35. The summed E-state index contributed by atoms with van der Waals surface area (Å²) in [6.07, 6.45) is 2.54. The Morgan fingerprint density at radius 2 is 2.29 bits per heavy atom. The molecule has 3 N–H and O–H groups in total. The molecular formula is C8H7N5O4. The highest BCUT2D eigenvalue weighted by atomic mass is 16.4. The summed E-state index contributed by atoms with van der Waals surface area (Å²) in [7, 11) is 0. The normalized spacial score (nSPS) is 16.0. The molecule has 0 saturated heterocycles. The van der Waals surface area contributed by atoms with E-state index in [9.17, 15) is 9.59 Å². The third kappa shape index (κ3) is 1.85. The van der Waals surface area contributed by atoms with E-state index in [1.165, 1.54) is 6.26 Å². The van der Waals surface area contributed by atoms with Gasteiger partial charge in [-0.1, -0.05) is 0 Å². The van der Waals surface area contributed by atoms with Crippen LogP contribution in [0.4, 0.5) is 4.79 Å². The van der Waals surface area contributed by atoms with Crippen LogP contribution in [0.1, 0.15) is 5.76 Å². The van der Waals surface area contributed by atoms with Gasteiger partial charge in [-0.3, -0.25) is 0 Å². The Balaban J connectivity index is 2.20. The van der Waals surface area contributed by atoms with Crippen LogP contribution < -0.4 is 5.73 Å². The van der Waals surface area contributed by atoms with Crippen molar-refractivity contribution in [3.8, 4) is 0 Å². The number of carbonyl (C=O) groups is 2. The summed E-state index contributed by atoms with van der Waals surface area (Å²) in [5, 5.41) is 19.4. The van der Waals surface area contributed by atoms with E-state index in [0.717, 1.165) is 6.21 Å². The highest BCUT2D eigenvalue weighted by molar-refractivity contribution is 5.87. The minimum Gasteiger partial charge on any atom is -0.476 e. The third-order valence-electron chi connectivity index (χ3n) is 1.92. The second-order valence-corrected chi connectivity index (χ2v) is 3.05. The van der Waals surface area contributed by atoms with Gasteiger partial charge in [-0.2, -0.15) is 10.1 Å². The summed E-state index contributed by atoms with van der Waals surface area (Å²) in [6, 6.07) is 2.09. The van der Waals surface area contributed by atoms with Crippen LogP contribution in [-0.4, -0.2) is 34.1 Å². The summed E-state index contributed by atoms with van der Waals surface area (Å²) in [4.78, 5) is 21.9. The number of rotatable bonds is 4. The first-order chi connectivity index (χ1) is 8.06. The Morgan fingerprint density at radius 3 is 2.71 bits per heavy atom. The molecule has 2 heterocycles. The van der Waals surface area contributed by atoms with Crippen LogP contribution in [0.3, 0.4) is 0 Å². The molecule has 2 amide bonds. The van der Waals surface area contributed by atoms with Gasteiger partial charge in [-0.25, -0.2) is 9.59 Å². The van der Waals surface area contributed by atoms with Gasteiger partial charge < -0.3 is 15.3 Å². The molecule has 9 nitrogen and oxygen atoms in total. The van der Waals surface area contributed by atoms with Crippen LogP contribution in [0.5, 0.6) is 0 Å². The molecule has 0 aromatic carbocycles. The fraction of sp³-hybridized carbons (Fsp3) is 0.125. The van der Waals surface area contributed by atoms with Gasteiger partial charge >= 0.3 is 17.8 Å². The van der Waals surface area contributed by atoms with Crippen molar-refractivity contribution in [2.75, 3.05) is 0 Å². The highest BCUT2D eigenvalue weighted by Crippen LogP contribution is 2.32. The molecule has 2 rings (SSSR count). The van der Waals surface area contributed by atoms with Gasteiger partial charge in [-0.05, 0) is 12.1 Å². The summed E-state index contributed by atoms with van der Waals surface area (Å²) in [5.41, 5.74) is 5.00. The third-order valence-corrected chi connectivity index (χ3v) is 1.92. The van der Waals surface area contributed by atoms with E-state index in [2.05, 4.69) is 15.3 Å². The number of hydrogen-bond donors (Lipinski definition) is 2. The number of furan rings is 1. The average Bonchev–Trinajstić information content (AvgIpc) is 2.88. The molecule has 0 spiro atoms. The molecule has 1 aromatic heterocycles. The fourth-order valence-electron chi connectivity index (χ4n) is 1.08. The first kappa shape index (κ1) is 10.8. The SMILES string of the molecule is NC(=O)N(/N=C/c1ccco1)C1(C(=O)O)N=N1. The predicted molar refractivity (Wildman–Crippen MR) is 52.9 cm³/mol. The lowest BCUT2D eigenvalue weighted by molar-refractivity contribution is -0.144. The van der Waals surface area contributed by atoms with Crippen molar-refractivity contribution in [1.82, 2.24) is 5.01 Å². The molecular weight excluding hydrogens is 230 g/mol. The molecule has 0 fully saturated rings. The van der Waals surface area contributed by atoms with Gasteiger partial charge in [0.25, 0.3) is 0 Å². The number of aliphatic carboxylic acids is 1. The Labute approximate surface area is 94.2 Å². The molecule has 17 heavy (non-hydrogen) atoms. The number of carboxylic acid groups (broad SMARTS) is 1. The molecule has 1 aliphatic rings. The predicted octanol–water partition coefficient (Wildman–Crippen LogP) is 0.198. The van der Waals surface area contributed by atoms with E-state index < -0.39 is 17.8 Å². The lowest BCUT2D eigenvalue weighted by Gasteiger charge is -2.16. The first-order valence-corrected chi connectivity index (χ1v) is 4.41. The maximum atomic E-state index is 11.1. The molecule has 88 valence electrons. The maximum absolute atomic E-state index is 11.1. The van der Waals surface area contributed by atoms with E-state index in [0.29, 0.717) is 10.8 Å². The van der Waals surface area contributed by atoms with E-state index in [1.54, 1.807) is 12.1 Å². The first-order valence-electron chi connectivity index (χ1n) is 4.41. The summed E-state index contributed by atoms with van der Waals surface area (Å²) in [6.45, 7) is 0. The molecule has 0 saturated carbocycles. The number of carboxylic acids is 1. The standard InChI is InChI=1S/C8H7N5O4/c9-7(16)13(8(6(14)15)11-12-8)10-4-5-2-1-3-17-5/h1-4H,(H2,9,16)(H,14,15)/b10-4+. The van der Waals surface area contributed by atoms with Crippen LogP contribution >= 0.6 is 0 Å². The molecule has 1 aromatic rings. The second-order valence-electron chi connectivity index (χ2n) is 3.05. The number of amides is 2. The van der Waals surface area contributed by atoms with E-state index >= 15 is 0 Å². The highest BCUT2D eigenvalue weighted by Gasteiger charge is 2.57. The zero-order valence-electron chi connectivity index (χ0n) is 8.35. The van der Waals surface area contributed by atoms with Gasteiger partial charge in [-0.15, -0.1) is 10.2 Å². The van der Waals surface area contributed by atoms with Crippen molar-refractivity contribution in [2.45, 2.75) is 5.79 Å². The minimum absolute atomic E-state index is 0.331. The van der Waals surface area contributed by atoms with Crippen LogP contribution in [0.2, 0.25) is 0 Å². The number of carbonyl (C=O) groups excluding carboxylic acids is 1. The topological polar surface area (TPSA) is 134 Å². The molecule has 0 bridgehead atoms. The lowest BCUT2D eigenvalue weighted by Crippen LogP contribution is -2.47. The van der Waals surface area contributed by atoms with E-state index in [-0.39, 0.29) is 0 Å². The van der Waals surface area contributed by atoms with Gasteiger partial charge in [0.1, 0.15) is 5.76 Å². The number of nitrogens with two attached hydrogens (primary N) is 1. The molecule has 1 aliphatic heterocycles. The van der Waals surface area contributed by atoms with Gasteiger partial charge in [0, 0.05) is 0 Å². The van der Waals surface area contributed by atoms with E-state index in [4.69, 9.17) is 15.3 Å². The number of hydrogen-bond acceptors (Lipinski definition) is 6. The van der Waals surface area contributed by atoms with Crippen LogP contribution in [0.15, 0.2) is 38.1 Å². The Morgan fingerprint density at radius 1 is 1.59 bits per heavy atom. The number of primary amides is 1. The van der Waals surface area contributed by atoms with E-state index in [1.807, 2.05) is 0 Å². The number of urea groups is 1. The molecule has 0 aliphatic carbocycles. The van der Waals surface area contributed by atoms with Crippen molar-refractivity contribution in [1.29, 1.82) is 0 Å². The van der Waals surface area contributed by atoms with Crippen molar-refractivity contribution in [3.05, 3.63) is 24.2 Å². The van der Waals surface area contributed by atoms with Crippen LogP contribution in [0, 0.1) is 0 Å². The quantitative estimate of drug-likeness (QED) is 0.571. The average molecular weight is 237 g/mol. The molecule has 0 unspecified atom stereocenters. The van der Waals surface area contributed by atoms with Gasteiger partial charge in [0.15, 0.2) is 0 Å². The summed E-state index contributed by atoms with van der Waals surface area (Å²) in [5.74, 6) is -3.14. The Kier molecular flexibility index (Phi) is 2.35. The Bertz CT molecular complexity index is 500. The smallest absolute Gasteiger partial charge is 0.385 e. The lowest BCUT2D eigenvalue weighted by atomic mass is 10.4. The van der Waals surface area contributed by atoms with Crippen molar-refractivity contribution >= 4 is 18.2 Å².